The molecule has 0 radical (unpaired) electrons. The zero-order chi connectivity index (χ0) is 14.1. The van der Waals surface area contributed by atoms with Crippen LogP contribution in [0.2, 0.25) is 0 Å². The number of fused-ring (bicyclic) bond motifs is 2. The molecule has 1 aliphatic heterocycles. The van der Waals surface area contributed by atoms with Crippen molar-refractivity contribution in [2.45, 2.75) is 19.4 Å². The lowest BCUT2D eigenvalue weighted by Gasteiger charge is -2.37. The van der Waals surface area contributed by atoms with Crippen LogP contribution in [0, 0.1) is 17.8 Å². The van der Waals surface area contributed by atoms with Crippen LogP contribution in [-0.4, -0.2) is 47.5 Å². The summed E-state index contributed by atoms with van der Waals surface area (Å²) in [7, 11) is 0. The summed E-state index contributed by atoms with van der Waals surface area (Å²) in [6, 6.07) is 4.27. The Morgan fingerprint density at radius 1 is 0.952 bits per heavy atom. The van der Waals surface area contributed by atoms with Crippen molar-refractivity contribution in [1.29, 1.82) is 0 Å². The Bertz CT molecular complexity index is 490. The highest BCUT2D eigenvalue weighted by Gasteiger charge is 2.36. The molecule has 1 saturated heterocycles. The molecule has 0 amide bonds. The summed E-state index contributed by atoms with van der Waals surface area (Å²) in [5, 5.41) is 0. The molecule has 3 heteroatoms. The average molecular weight is 283 g/mol. The lowest BCUT2D eigenvalue weighted by atomic mass is 9.93. The molecule has 3 atom stereocenters. The molecule has 112 valence electrons. The number of rotatable bonds is 4. The Balaban J connectivity index is 1.24. The molecule has 2 bridgehead atoms. The molecule has 1 aromatic heterocycles. The van der Waals surface area contributed by atoms with E-state index in [2.05, 4.69) is 39.1 Å². The first-order chi connectivity index (χ1) is 10.4. The van der Waals surface area contributed by atoms with Crippen LogP contribution >= 0.6 is 0 Å². The van der Waals surface area contributed by atoms with E-state index < -0.39 is 0 Å². The lowest BCUT2D eigenvalue weighted by Crippen LogP contribution is -2.47. The number of pyridine rings is 1. The van der Waals surface area contributed by atoms with E-state index in [4.69, 9.17) is 0 Å². The molecule has 0 spiro atoms. The second kappa shape index (κ2) is 5.90. The summed E-state index contributed by atoms with van der Waals surface area (Å²) in [5.74, 6) is 2.74. The van der Waals surface area contributed by atoms with E-state index in [0.717, 1.165) is 24.3 Å². The highest BCUT2D eigenvalue weighted by molar-refractivity contribution is 5.11. The minimum Gasteiger partial charge on any atom is -0.300 e. The fourth-order valence-electron chi connectivity index (χ4n) is 4.31. The van der Waals surface area contributed by atoms with E-state index in [1.54, 1.807) is 0 Å². The van der Waals surface area contributed by atoms with Gasteiger partial charge in [0.15, 0.2) is 0 Å². The Hall–Kier alpha value is -1.19. The van der Waals surface area contributed by atoms with E-state index in [-0.39, 0.29) is 0 Å². The first-order valence-electron chi connectivity index (χ1n) is 8.39. The number of hydrogen-bond acceptors (Lipinski definition) is 3. The van der Waals surface area contributed by atoms with Gasteiger partial charge in [-0.2, -0.15) is 0 Å². The SMILES string of the molecule is C1=C[C@H]2C[C@H]1C[C@H]2CN1CCN(Cc2ccncc2)CC1. The highest BCUT2D eigenvalue weighted by Crippen LogP contribution is 2.43. The zero-order valence-corrected chi connectivity index (χ0v) is 12.7. The third-order valence-electron chi connectivity index (χ3n) is 5.53. The van der Waals surface area contributed by atoms with Crippen molar-refractivity contribution in [3.05, 3.63) is 42.2 Å². The van der Waals surface area contributed by atoms with Crippen LogP contribution in [-0.2, 0) is 6.54 Å². The molecule has 0 unspecified atom stereocenters. The van der Waals surface area contributed by atoms with Gasteiger partial charge in [-0.25, -0.2) is 0 Å². The largest absolute Gasteiger partial charge is 0.300 e. The van der Waals surface area contributed by atoms with Crippen molar-refractivity contribution < 1.29 is 0 Å². The summed E-state index contributed by atoms with van der Waals surface area (Å²) in [4.78, 5) is 9.37. The van der Waals surface area contributed by atoms with Gasteiger partial charge in [-0.3, -0.25) is 9.88 Å². The van der Waals surface area contributed by atoms with Gasteiger partial charge in [0.1, 0.15) is 0 Å². The fraction of sp³-hybridized carbons (Fsp3) is 0.611. The van der Waals surface area contributed by atoms with Crippen molar-refractivity contribution in [2.75, 3.05) is 32.7 Å². The van der Waals surface area contributed by atoms with Crippen molar-refractivity contribution in [1.82, 2.24) is 14.8 Å². The quantitative estimate of drug-likeness (QED) is 0.791. The fourth-order valence-corrected chi connectivity index (χ4v) is 4.31. The van der Waals surface area contributed by atoms with E-state index in [0.29, 0.717) is 0 Å². The minimum absolute atomic E-state index is 0.893. The second-order valence-corrected chi connectivity index (χ2v) is 6.97. The summed E-state index contributed by atoms with van der Waals surface area (Å²) in [5.41, 5.74) is 1.39. The third-order valence-corrected chi connectivity index (χ3v) is 5.53. The summed E-state index contributed by atoms with van der Waals surface area (Å²) >= 11 is 0. The molecular formula is C18H25N3. The lowest BCUT2D eigenvalue weighted by molar-refractivity contribution is 0.108. The topological polar surface area (TPSA) is 19.4 Å². The third kappa shape index (κ3) is 3.04. The predicted octanol–water partition coefficient (Wildman–Crippen LogP) is 2.41. The monoisotopic (exact) mass is 283 g/mol. The van der Waals surface area contributed by atoms with Crippen molar-refractivity contribution in [2.24, 2.45) is 17.8 Å². The van der Waals surface area contributed by atoms with Gasteiger partial charge in [-0.1, -0.05) is 12.2 Å². The van der Waals surface area contributed by atoms with E-state index >= 15 is 0 Å². The molecule has 3 aliphatic rings. The van der Waals surface area contributed by atoms with Gasteiger partial charge in [-0.15, -0.1) is 0 Å². The zero-order valence-electron chi connectivity index (χ0n) is 12.7. The predicted molar refractivity (Wildman–Crippen MR) is 84.8 cm³/mol. The molecule has 0 aromatic carbocycles. The van der Waals surface area contributed by atoms with Gasteiger partial charge in [0, 0.05) is 51.7 Å². The van der Waals surface area contributed by atoms with Crippen LogP contribution in [0.1, 0.15) is 18.4 Å². The first-order valence-corrected chi connectivity index (χ1v) is 8.39. The minimum atomic E-state index is 0.893. The van der Waals surface area contributed by atoms with E-state index in [1.165, 1.54) is 51.1 Å². The van der Waals surface area contributed by atoms with Gasteiger partial charge in [-0.05, 0) is 48.3 Å². The van der Waals surface area contributed by atoms with Crippen LogP contribution < -0.4 is 0 Å². The Morgan fingerprint density at radius 3 is 2.38 bits per heavy atom. The molecule has 2 fully saturated rings. The molecule has 2 heterocycles. The molecule has 0 N–H and O–H groups in total. The summed E-state index contributed by atoms with van der Waals surface area (Å²) in [6.45, 7) is 7.30. The van der Waals surface area contributed by atoms with E-state index in [9.17, 15) is 0 Å². The number of piperazine rings is 1. The van der Waals surface area contributed by atoms with Crippen LogP contribution in [0.5, 0.6) is 0 Å². The number of aromatic nitrogens is 1. The maximum absolute atomic E-state index is 4.09. The standard InChI is InChI=1S/C18H25N3/c1-2-17-11-16(1)12-18(17)14-21-9-7-20(8-10-21)13-15-3-5-19-6-4-15/h1-6,16-18H,7-14H2/t16-,17-,18-/m0/s1. The maximum atomic E-state index is 4.09. The molecule has 1 saturated carbocycles. The van der Waals surface area contributed by atoms with Gasteiger partial charge in [0.05, 0.1) is 0 Å². The number of nitrogens with zero attached hydrogens (tertiary/aromatic N) is 3. The Kier molecular flexibility index (Phi) is 3.78. The van der Waals surface area contributed by atoms with Crippen LogP contribution in [0.25, 0.3) is 0 Å². The van der Waals surface area contributed by atoms with Gasteiger partial charge >= 0.3 is 0 Å². The van der Waals surface area contributed by atoms with Gasteiger partial charge < -0.3 is 4.90 Å². The molecule has 4 rings (SSSR count). The molecule has 2 aliphatic carbocycles. The molecule has 21 heavy (non-hydrogen) atoms. The number of allylic oxidation sites excluding steroid dienone is 2. The smallest absolute Gasteiger partial charge is 0.0271 e. The first kappa shape index (κ1) is 13.5. The number of hydrogen-bond donors (Lipinski definition) is 0. The molecule has 3 nitrogen and oxygen atoms in total. The van der Waals surface area contributed by atoms with Crippen molar-refractivity contribution in [3.8, 4) is 0 Å². The van der Waals surface area contributed by atoms with Gasteiger partial charge in [0.2, 0.25) is 0 Å². The van der Waals surface area contributed by atoms with Crippen LogP contribution in [0.15, 0.2) is 36.7 Å². The summed E-state index contributed by atoms with van der Waals surface area (Å²) < 4.78 is 0. The van der Waals surface area contributed by atoms with Crippen LogP contribution in [0.4, 0.5) is 0 Å². The van der Waals surface area contributed by atoms with Crippen molar-refractivity contribution in [3.63, 3.8) is 0 Å². The molecular weight excluding hydrogens is 258 g/mol. The second-order valence-electron chi connectivity index (χ2n) is 6.97. The maximum Gasteiger partial charge on any atom is 0.0271 e. The Morgan fingerprint density at radius 2 is 1.71 bits per heavy atom. The Labute approximate surface area is 127 Å². The summed E-state index contributed by atoms with van der Waals surface area (Å²) in [6.07, 6.45) is 11.6. The van der Waals surface area contributed by atoms with Crippen LogP contribution in [0.3, 0.4) is 0 Å². The van der Waals surface area contributed by atoms with Gasteiger partial charge in [0.25, 0.3) is 0 Å². The van der Waals surface area contributed by atoms with E-state index in [1.807, 2.05) is 12.4 Å². The highest BCUT2D eigenvalue weighted by atomic mass is 15.3. The normalized spacial score (nSPS) is 32.9. The average Bonchev–Trinajstić information content (AvgIpc) is 3.13. The van der Waals surface area contributed by atoms with Crippen molar-refractivity contribution >= 4 is 0 Å². The molecule has 1 aromatic rings.